The van der Waals surface area contributed by atoms with Gasteiger partial charge in [0.1, 0.15) is 0 Å². The number of nitrogens with one attached hydrogen (secondary N) is 1. The number of hydrogen-bond acceptors (Lipinski definition) is 2. The van der Waals surface area contributed by atoms with E-state index in [0.717, 1.165) is 13.0 Å². The van der Waals surface area contributed by atoms with Crippen molar-refractivity contribution in [2.45, 2.75) is 32.1 Å². The number of thiol groups is 1. The Morgan fingerprint density at radius 2 is 2.12 bits per heavy atom. The molecule has 0 spiro atoms. The van der Waals surface area contributed by atoms with Gasteiger partial charge in [-0.3, -0.25) is 0 Å². The maximum absolute atomic E-state index is 4.25. The Morgan fingerprint density at radius 1 is 1.50 bits per heavy atom. The van der Waals surface area contributed by atoms with Crippen LogP contribution < -0.4 is 5.32 Å². The zero-order valence-electron chi connectivity index (χ0n) is 5.65. The summed E-state index contributed by atoms with van der Waals surface area (Å²) in [5.41, 5.74) is 0. The Balaban J connectivity index is 2.86. The molecule has 0 radical (unpaired) electrons. The molecule has 0 amide bonds. The molecule has 0 aromatic carbocycles. The van der Waals surface area contributed by atoms with E-state index in [1.807, 2.05) is 0 Å². The molecule has 0 aliphatic heterocycles. The van der Waals surface area contributed by atoms with Gasteiger partial charge in [0.15, 0.2) is 0 Å². The van der Waals surface area contributed by atoms with Crippen LogP contribution in [0.1, 0.15) is 26.7 Å². The predicted octanol–water partition coefficient (Wildman–Crippen LogP) is 1.65. The highest BCUT2D eigenvalue weighted by Gasteiger charge is 1.93. The summed E-state index contributed by atoms with van der Waals surface area (Å²) in [6.45, 7) is 5.37. The third kappa shape index (κ3) is 4.47. The molecule has 0 saturated heterocycles. The third-order valence-electron chi connectivity index (χ3n) is 1.02. The van der Waals surface area contributed by atoms with E-state index >= 15 is 0 Å². The lowest BCUT2D eigenvalue weighted by Crippen LogP contribution is -2.23. The molecule has 1 N–H and O–H groups in total. The van der Waals surface area contributed by atoms with E-state index in [2.05, 4.69) is 31.8 Å². The van der Waals surface area contributed by atoms with E-state index in [-0.39, 0.29) is 0 Å². The van der Waals surface area contributed by atoms with Crippen LogP contribution in [0, 0.1) is 0 Å². The summed E-state index contributed by atoms with van der Waals surface area (Å²) in [6.07, 6.45) is 2.29. The second kappa shape index (κ2) is 5.45. The smallest absolute Gasteiger partial charge is 0.0499 e. The van der Waals surface area contributed by atoms with Crippen LogP contribution in [-0.2, 0) is 0 Å². The van der Waals surface area contributed by atoms with Gasteiger partial charge in [-0.05, 0) is 19.4 Å². The third-order valence-corrected chi connectivity index (χ3v) is 1.56. The average Bonchev–Trinajstić information content (AvgIpc) is 1.83. The van der Waals surface area contributed by atoms with Crippen LogP contribution in [0.5, 0.6) is 0 Å². The Labute approximate surface area is 57.3 Å². The summed E-state index contributed by atoms with van der Waals surface area (Å²) in [4.78, 5) is 0. The van der Waals surface area contributed by atoms with Crippen LogP contribution in [-0.4, -0.2) is 11.9 Å². The van der Waals surface area contributed by atoms with Crippen molar-refractivity contribution < 1.29 is 0 Å². The van der Waals surface area contributed by atoms with Crippen molar-refractivity contribution in [3.63, 3.8) is 0 Å². The Kier molecular flexibility index (Phi) is 5.66. The highest BCUT2D eigenvalue weighted by atomic mass is 32.1. The van der Waals surface area contributed by atoms with Crippen LogP contribution in [0.4, 0.5) is 0 Å². The molecular formula is C6H15NS. The number of hydrogen-bond donors (Lipinski definition) is 2. The lowest BCUT2D eigenvalue weighted by molar-refractivity contribution is 0.628. The summed E-state index contributed by atoms with van der Waals surface area (Å²) in [7, 11) is 0. The van der Waals surface area contributed by atoms with Gasteiger partial charge >= 0.3 is 0 Å². The summed E-state index contributed by atoms with van der Waals surface area (Å²) >= 11 is 4.25. The zero-order valence-corrected chi connectivity index (χ0v) is 6.54. The lowest BCUT2D eigenvalue weighted by atomic mass is 10.4. The lowest BCUT2D eigenvalue weighted by Gasteiger charge is -2.07. The predicted molar refractivity (Wildman–Crippen MR) is 41.4 cm³/mol. The van der Waals surface area contributed by atoms with Crippen molar-refractivity contribution >= 4 is 12.6 Å². The van der Waals surface area contributed by atoms with Gasteiger partial charge in [0, 0.05) is 5.37 Å². The molecule has 1 atom stereocenters. The van der Waals surface area contributed by atoms with Gasteiger partial charge in [-0.25, -0.2) is 0 Å². The van der Waals surface area contributed by atoms with Gasteiger partial charge in [-0.2, -0.15) is 12.6 Å². The van der Waals surface area contributed by atoms with Crippen molar-refractivity contribution in [3.05, 3.63) is 0 Å². The van der Waals surface area contributed by atoms with E-state index in [1.54, 1.807) is 0 Å². The molecule has 0 aliphatic carbocycles. The van der Waals surface area contributed by atoms with Crippen molar-refractivity contribution in [3.8, 4) is 0 Å². The SMILES string of the molecule is CCCNC(S)CC. The van der Waals surface area contributed by atoms with Gasteiger partial charge in [0.2, 0.25) is 0 Å². The maximum Gasteiger partial charge on any atom is 0.0499 e. The van der Waals surface area contributed by atoms with E-state index < -0.39 is 0 Å². The molecule has 1 nitrogen and oxygen atoms in total. The normalized spacial score (nSPS) is 13.9. The summed E-state index contributed by atoms with van der Waals surface area (Å²) in [5.74, 6) is 0. The van der Waals surface area contributed by atoms with Gasteiger partial charge in [0.05, 0.1) is 0 Å². The molecule has 50 valence electrons. The molecule has 0 aromatic rings. The molecule has 0 saturated carbocycles. The fraction of sp³-hybridized carbons (Fsp3) is 1.00. The minimum atomic E-state index is 0.398. The second-order valence-corrected chi connectivity index (χ2v) is 2.50. The first-order valence-electron chi connectivity index (χ1n) is 3.22. The van der Waals surface area contributed by atoms with Crippen molar-refractivity contribution in [2.75, 3.05) is 6.54 Å². The van der Waals surface area contributed by atoms with E-state index in [1.165, 1.54) is 6.42 Å². The maximum atomic E-state index is 4.25. The molecule has 0 rings (SSSR count). The Hall–Kier alpha value is 0.310. The quantitative estimate of drug-likeness (QED) is 0.439. The minimum Gasteiger partial charge on any atom is -0.306 e. The summed E-state index contributed by atoms with van der Waals surface area (Å²) < 4.78 is 0. The van der Waals surface area contributed by atoms with Gasteiger partial charge in [0.25, 0.3) is 0 Å². The zero-order chi connectivity index (χ0) is 6.41. The fourth-order valence-corrected chi connectivity index (χ4v) is 0.584. The molecule has 8 heavy (non-hydrogen) atoms. The number of rotatable bonds is 4. The second-order valence-electron chi connectivity index (χ2n) is 1.88. The molecule has 0 heterocycles. The topological polar surface area (TPSA) is 12.0 Å². The van der Waals surface area contributed by atoms with Gasteiger partial charge < -0.3 is 5.32 Å². The molecular weight excluding hydrogens is 118 g/mol. The molecule has 0 fully saturated rings. The summed E-state index contributed by atoms with van der Waals surface area (Å²) in [5, 5.41) is 3.64. The van der Waals surface area contributed by atoms with Crippen molar-refractivity contribution in [1.82, 2.24) is 5.32 Å². The van der Waals surface area contributed by atoms with Crippen molar-refractivity contribution in [1.29, 1.82) is 0 Å². The van der Waals surface area contributed by atoms with E-state index in [0.29, 0.717) is 5.37 Å². The molecule has 2 heteroatoms. The van der Waals surface area contributed by atoms with Gasteiger partial charge in [-0.15, -0.1) is 0 Å². The van der Waals surface area contributed by atoms with Crippen LogP contribution in [0.25, 0.3) is 0 Å². The van der Waals surface area contributed by atoms with Crippen LogP contribution in [0.3, 0.4) is 0 Å². The van der Waals surface area contributed by atoms with E-state index in [4.69, 9.17) is 0 Å². The first kappa shape index (κ1) is 8.31. The van der Waals surface area contributed by atoms with Crippen molar-refractivity contribution in [2.24, 2.45) is 0 Å². The highest BCUT2D eigenvalue weighted by molar-refractivity contribution is 7.80. The molecule has 0 aliphatic rings. The Morgan fingerprint density at radius 3 is 2.50 bits per heavy atom. The molecule has 0 bridgehead atoms. The van der Waals surface area contributed by atoms with E-state index in [9.17, 15) is 0 Å². The fourth-order valence-electron chi connectivity index (χ4n) is 0.455. The molecule has 0 aromatic heterocycles. The Bertz CT molecular complexity index is 47.8. The van der Waals surface area contributed by atoms with Crippen LogP contribution >= 0.6 is 12.6 Å². The van der Waals surface area contributed by atoms with Crippen LogP contribution in [0.15, 0.2) is 0 Å². The van der Waals surface area contributed by atoms with Gasteiger partial charge in [-0.1, -0.05) is 13.8 Å². The minimum absolute atomic E-state index is 0.398. The molecule has 1 unspecified atom stereocenters. The standard InChI is InChI=1S/C6H15NS/c1-3-5-7-6(8)4-2/h6-8H,3-5H2,1-2H3. The largest absolute Gasteiger partial charge is 0.306 e. The van der Waals surface area contributed by atoms with Crippen LogP contribution in [0.2, 0.25) is 0 Å². The highest BCUT2D eigenvalue weighted by Crippen LogP contribution is 1.93. The average molecular weight is 133 g/mol. The first-order valence-corrected chi connectivity index (χ1v) is 3.74. The summed E-state index contributed by atoms with van der Waals surface area (Å²) in [6, 6.07) is 0. The monoisotopic (exact) mass is 133 g/mol. The first-order chi connectivity index (χ1) is 3.81.